The third-order valence-electron chi connectivity index (χ3n) is 2.91. The summed E-state index contributed by atoms with van der Waals surface area (Å²) in [6, 6.07) is 7.55. The number of thioether (sulfide) groups is 1. The van der Waals surface area contributed by atoms with Crippen molar-refractivity contribution in [3.05, 3.63) is 44.1 Å². The minimum atomic E-state index is 0.483. The molecule has 112 valence electrons. The standard InChI is InChI=1S/C14H13Cl2NO2S2/c1-8-11(19-2)4-3-5-12(8)20-7-10(17-18)9-6-13(15)21-14(9)16/h3-6,18H,7H2,1-2H3/b17-10+. The SMILES string of the molecule is COc1cccc(SC/C(=N\O)c2cc(Cl)sc2Cl)c1C. The molecule has 0 bridgehead atoms. The van der Waals surface area contributed by atoms with Crippen LogP contribution in [0.4, 0.5) is 0 Å². The van der Waals surface area contributed by atoms with E-state index in [0.717, 1.165) is 16.2 Å². The average molecular weight is 362 g/mol. The van der Waals surface area contributed by atoms with Gasteiger partial charge >= 0.3 is 0 Å². The Morgan fingerprint density at radius 3 is 2.76 bits per heavy atom. The van der Waals surface area contributed by atoms with Gasteiger partial charge in [0.1, 0.15) is 10.1 Å². The fourth-order valence-corrected chi connectivity index (χ4v) is 4.32. The first-order valence-corrected chi connectivity index (χ1v) is 8.55. The molecule has 1 heterocycles. The molecule has 0 radical (unpaired) electrons. The van der Waals surface area contributed by atoms with Crippen LogP contribution in [0.15, 0.2) is 34.3 Å². The first-order valence-electron chi connectivity index (χ1n) is 5.99. The molecule has 0 aliphatic heterocycles. The number of methoxy groups -OCH3 is 1. The summed E-state index contributed by atoms with van der Waals surface area (Å²) >= 11 is 14.8. The Hall–Kier alpha value is -0.880. The molecule has 0 aliphatic rings. The molecule has 21 heavy (non-hydrogen) atoms. The van der Waals surface area contributed by atoms with Crippen LogP contribution in [0, 0.1) is 6.92 Å². The Bertz CT molecular complexity index is 671. The van der Waals surface area contributed by atoms with Crippen molar-refractivity contribution in [1.82, 2.24) is 0 Å². The molecule has 0 amide bonds. The molecule has 1 aromatic carbocycles. The van der Waals surface area contributed by atoms with Crippen LogP contribution in [-0.4, -0.2) is 23.8 Å². The maximum absolute atomic E-state index is 9.21. The second-order valence-corrected chi connectivity index (χ2v) is 7.46. The summed E-state index contributed by atoms with van der Waals surface area (Å²) in [5, 5.41) is 12.6. The Morgan fingerprint density at radius 1 is 1.43 bits per heavy atom. The van der Waals surface area contributed by atoms with E-state index in [9.17, 15) is 5.21 Å². The lowest BCUT2D eigenvalue weighted by Crippen LogP contribution is -2.04. The maximum atomic E-state index is 9.21. The molecular formula is C14H13Cl2NO2S2. The van der Waals surface area contributed by atoms with Crippen molar-refractivity contribution in [1.29, 1.82) is 0 Å². The van der Waals surface area contributed by atoms with E-state index in [-0.39, 0.29) is 0 Å². The molecular weight excluding hydrogens is 349 g/mol. The van der Waals surface area contributed by atoms with Gasteiger partial charge in [-0.05, 0) is 25.1 Å². The van der Waals surface area contributed by atoms with Crippen LogP contribution < -0.4 is 4.74 Å². The summed E-state index contributed by atoms with van der Waals surface area (Å²) in [6.07, 6.45) is 0. The zero-order valence-corrected chi connectivity index (χ0v) is 14.5. The van der Waals surface area contributed by atoms with Crippen molar-refractivity contribution in [2.75, 3.05) is 12.9 Å². The predicted molar refractivity (Wildman–Crippen MR) is 91.1 cm³/mol. The number of halogens is 2. The van der Waals surface area contributed by atoms with Gasteiger partial charge in [-0.25, -0.2) is 0 Å². The first-order chi connectivity index (χ1) is 10.1. The molecule has 7 heteroatoms. The summed E-state index contributed by atoms with van der Waals surface area (Å²) in [7, 11) is 1.64. The van der Waals surface area contributed by atoms with Gasteiger partial charge in [0.05, 0.1) is 17.2 Å². The molecule has 0 spiro atoms. The van der Waals surface area contributed by atoms with E-state index < -0.39 is 0 Å². The van der Waals surface area contributed by atoms with Gasteiger partial charge in [0.25, 0.3) is 0 Å². The van der Waals surface area contributed by atoms with E-state index in [1.54, 1.807) is 24.9 Å². The highest BCUT2D eigenvalue weighted by molar-refractivity contribution is 8.00. The quantitative estimate of drug-likeness (QED) is 0.338. The molecule has 1 N–H and O–H groups in total. The number of oxime groups is 1. The molecule has 0 saturated carbocycles. The van der Waals surface area contributed by atoms with Crippen molar-refractivity contribution in [2.24, 2.45) is 5.16 Å². The summed E-state index contributed by atoms with van der Waals surface area (Å²) in [5.74, 6) is 1.32. The second-order valence-electron chi connectivity index (χ2n) is 4.16. The van der Waals surface area contributed by atoms with Crippen molar-refractivity contribution in [2.45, 2.75) is 11.8 Å². The highest BCUT2D eigenvalue weighted by Crippen LogP contribution is 2.34. The van der Waals surface area contributed by atoms with Gasteiger partial charge in [0.15, 0.2) is 0 Å². The third kappa shape index (κ3) is 3.86. The van der Waals surface area contributed by atoms with Crippen LogP contribution in [0.1, 0.15) is 11.1 Å². The smallest absolute Gasteiger partial charge is 0.122 e. The van der Waals surface area contributed by atoms with E-state index in [1.807, 2.05) is 25.1 Å². The Labute approximate surface area is 141 Å². The van der Waals surface area contributed by atoms with Gasteiger partial charge in [-0.3, -0.25) is 0 Å². The van der Waals surface area contributed by atoms with Crippen molar-refractivity contribution in [3.8, 4) is 5.75 Å². The number of ether oxygens (including phenoxy) is 1. The van der Waals surface area contributed by atoms with Gasteiger partial charge in [-0.15, -0.1) is 23.1 Å². The van der Waals surface area contributed by atoms with Crippen LogP contribution in [0.25, 0.3) is 0 Å². The molecule has 0 aliphatic carbocycles. The Morgan fingerprint density at radius 2 is 2.19 bits per heavy atom. The second kappa shape index (κ2) is 7.40. The van der Waals surface area contributed by atoms with Crippen LogP contribution in [0.2, 0.25) is 8.67 Å². The van der Waals surface area contributed by atoms with E-state index in [2.05, 4.69) is 5.16 Å². The zero-order valence-electron chi connectivity index (χ0n) is 11.4. The number of hydrogen-bond donors (Lipinski definition) is 1. The van der Waals surface area contributed by atoms with Gasteiger partial charge in [-0.1, -0.05) is 34.4 Å². The van der Waals surface area contributed by atoms with Gasteiger partial charge in [0, 0.05) is 21.8 Å². The van der Waals surface area contributed by atoms with Gasteiger partial charge in [0.2, 0.25) is 0 Å². The lowest BCUT2D eigenvalue weighted by atomic mass is 10.2. The number of benzene rings is 1. The van der Waals surface area contributed by atoms with Crippen molar-refractivity contribution < 1.29 is 9.94 Å². The Balaban J connectivity index is 2.17. The first kappa shape index (κ1) is 16.5. The van der Waals surface area contributed by atoms with Gasteiger partial charge in [-0.2, -0.15) is 0 Å². The van der Waals surface area contributed by atoms with Crippen LogP contribution in [0.3, 0.4) is 0 Å². The number of rotatable bonds is 5. The topological polar surface area (TPSA) is 41.8 Å². The number of thiophene rings is 1. The molecule has 0 saturated heterocycles. The summed E-state index contributed by atoms with van der Waals surface area (Å²) < 4.78 is 6.39. The number of hydrogen-bond acceptors (Lipinski definition) is 5. The van der Waals surface area contributed by atoms with Crippen LogP contribution in [-0.2, 0) is 0 Å². The number of nitrogens with zero attached hydrogens (tertiary/aromatic N) is 1. The molecule has 2 aromatic rings. The van der Waals surface area contributed by atoms with Crippen LogP contribution >= 0.6 is 46.3 Å². The van der Waals surface area contributed by atoms with Crippen LogP contribution in [0.5, 0.6) is 5.75 Å². The lowest BCUT2D eigenvalue weighted by molar-refractivity contribution is 0.319. The molecule has 2 rings (SSSR count). The predicted octanol–water partition coefficient (Wildman–Crippen LogP) is 5.34. The molecule has 0 atom stereocenters. The third-order valence-corrected chi connectivity index (χ3v) is 5.57. The fourth-order valence-electron chi connectivity index (χ4n) is 1.82. The highest BCUT2D eigenvalue weighted by atomic mass is 35.5. The summed E-state index contributed by atoms with van der Waals surface area (Å²) in [5.41, 5.74) is 2.22. The van der Waals surface area contributed by atoms with Gasteiger partial charge < -0.3 is 9.94 Å². The minimum Gasteiger partial charge on any atom is -0.496 e. The monoisotopic (exact) mass is 361 g/mol. The van der Waals surface area contributed by atoms with E-state index in [0.29, 0.717) is 25.7 Å². The van der Waals surface area contributed by atoms with E-state index in [4.69, 9.17) is 27.9 Å². The van der Waals surface area contributed by atoms with E-state index in [1.165, 1.54) is 11.3 Å². The van der Waals surface area contributed by atoms with E-state index >= 15 is 0 Å². The maximum Gasteiger partial charge on any atom is 0.122 e. The average Bonchev–Trinajstić information content (AvgIpc) is 2.80. The molecule has 1 aromatic heterocycles. The largest absolute Gasteiger partial charge is 0.496 e. The zero-order chi connectivity index (χ0) is 15.4. The Kier molecular flexibility index (Phi) is 5.81. The highest BCUT2D eigenvalue weighted by Gasteiger charge is 2.14. The normalized spacial score (nSPS) is 11.7. The lowest BCUT2D eigenvalue weighted by Gasteiger charge is -2.10. The minimum absolute atomic E-state index is 0.483. The van der Waals surface area contributed by atoms with Crippen molar-refractivity contribution in [3.63, 3.8) is 0 Å². The molecule has 3 nitrogen and oxygen atoms in total. The summed E-state index contributed by atoms with van der Waals surface area (Å²) in [4.78, 5) is 1.06. The molecule has 0 unspecified atom stereocenters. The molecule has 0 fully saturated rings. The van der Waals surface area contributed by atoms with Crippen molar-refractivity contribution >= 4 is 52.0 Å². The summed E-state index contributed by atoms with van der Waals surface area (Å²) in [6.45, 7) is 1.99. The fraction of sp³-hybridized carbons (Fsp3) is 0.214.